The van der Waals surface area contributed by atoms with Crippen molar-refractivity contribution in [1.29, 1.82) is 0 Å². The molecule has 0 saturated carbocycles. The first-order chi connectivity index (χ1) is 9.47. The lowest BCUT2D eigenvalue weighted by atomic mass is 10.1. The molecule has 0 atom stereocenters. The zero-order chi connectivity index (χ0) is 15.1. The van der Waals surface area contributed by atoms with E-state index in [1.165, 1.54) is 0 Å². The molecule has 1 aromatic carbocycles. The first kappa shape index (κ1) is 16.7. The van der Waals surface area contributed by atoms with E-state index in [0.717, 1.165) is 4.47 Å². The first-order valence-corrected chi connectivity index (χ1v) is 7.09. The summed E-state index contributed by atoms with van der Waals surface area (Å²) in [5, 5.41) is 2.70. The minimum Gasteiger partial charge on any atom is -0.496 e. The Labute approximate surface area is 127 Å². The maximum Gasteiger partial charge on any atom is 0.234 e. The summed E-state index contributed by atoms with van der Waals surface area (Å²) in [6.45, 7) is 2.84. The fraction of sp³-hybridized carbons (Fsp3) is 0.429. The van der Waals surface area contributed by atoms with Gasteiger partial charge in [0.05, 0.1) is 24.7 Å². The Hall–Kier alpha value is -1.40. The summed E-state index contributed by atoms with van der Waals surface area (Å²) >= 11 is 3.35. The number of ether oxygens (including phenoxy) is 1. The van der Waals surface area contributed by atoms with Gasteiger partial charge < -0.3 is 10.1 Å². The van der Waals surface area contributed by atoms with Gasteiger partial charge in [0.1, 0.15) is 5.75 Å². The summed E-state index contributed by atoms with van der Waals surface area (Å²) in [5.41, 5.74) is 0.584. The highest BCUT2D eigenvalue weighted by molar-refractivity contribution is 9.10. The Kier molecular flexibility index (Phi) is 6.67. The lowest BCUT2D eigenvalue weighted by Gasteiger charge is -2.15. The third-order valence-electron chi connectivity index (χ3n) is 2.67. The van der Waals surface area contributed by atoms with Gasteiger partial charge in [0.2, 0.25) is 5.91 Å². The Morgan fingerprint density at radius 1 is 1.35 bits per heavy atom. The number of amides is 1. The number of carbonyl (C=O) groups is 2. The fourth-order valence-corrected chi connectivity index (χ4v) is 2.27. The average Bonchev–Trinajstić information content (AvgIpc) is 2.38. The maximum atomic E-state index is 12.1. The summed E-state index contributed by atoms with van der Waals surface area (Å²) in [6, 6.07) is 5.17. The van der Waals surface area contributed by atoms with Gasteiger partial charge in [0.15, 0.2) is 5.78 Å². The summed E-state index contributed by atoms with van der Waals surface area (Å²) in [6.07, 6.45) is 0. The van der Waals surface area contributed by atoms with Crippen LogP contribution in [0.15, 0.2) is 22.7 Å². The van der Waals surface area contributed by atoms with Crippen molar-refractivity contribution in [2.45, 2.75) is 6.92 Å². The van der Waals surface area contributed by atoms with Crippen LogP contribution in [0.25, 0.3) is 0 Å². The number of Topliss-reactive ketones (excluding diaryl/α,β-unsaturated/α-hetero) is 1. The molecule has 0 aliphatic carbocycles. The minimum absolute atomic E-state index is 0.0415. The van der Waals surface area contributed by atoms with Gasteiger partial charge in [-0.3, -0.25) is 14.5 Å². The Bertz CT molecular complexity index is 491. The van der Waals surface area contributed by atoms with Crippen LogP contribution in [0.4, 0.5) is 0 Å². The molecule has 0 aliphatic rings. The quantitative estimate of drug-likeness (QED) is 0.766. The van der Waals surface area contributed by atoms with Gasteiger partial charge in [-0.2, -0.15) is 0 Å². The van der Waals surface area contributed by atoms with Gasteiger partial charge in [-0.05, 0) is 48.1 Å². The van der Waals surface area contributed by atoms with Gasteiger partial charge in [-0.25, -0.2) is 0 Å². The molecule has 0 unspecified atom stereocenters. The average molecular weight is 343 g/mol. The van der Waals surface area contributed by atoms with Crippen molar-refractivity contribution in [3.8, 4) is 5.75 Å². The number of carbonyl (C=O) groups excluding carboxylic acids is 2. The highest BCUT2D eigenvalue weighted by atomic mass is 79.9. The molecular formula is C14H19BrN2O3. The molecule has 1 amide bonds. The van der Waals surface area contributed by atoms with Gasteiger partial charge in [0.25, 0.3) is 0 Å². The largest absolute Gasteiger partial charge is 0.496 e. The zero-order valence-electron chi connectivity index (χ0n) is 11.9. The van der Waals surface area contributed by atoms with E-state index >= 15 is 0 Å². The lowest BCUT2D eigenvalue weighted by molar-refractivity contribution is -0.121. The molecule has 0 spiro atoms. The predicted molar refractivity (Wildman–Crippen MR) is 81.2 cm³/mol. The van der Waals surface area contributed by atoms with Crippen LogP contribution in [-0.2, 0) is 4.79 Å². The normalized spacial score (nSPS) is 10.4. The minimum atomic E-state index is -0.0845. The van der Waals surface area contributed by atoms with E-state index in [1.54, 1.807) is 37.3 Å². The third-order valence-corrected chi connectivity index (χ3v) is 3.29. The van der Waals surface area contributed by atoms with E-state index in [0.29, 0.717) is 17.9 Å². The molecule has 6 heteroatoms. The summed E-state index contributed by atoms with van der Waals surface area (Å²) in [7, 11) is 3.31. The highest BCUT2D eigenvalue weighted by Crippen LogP contribution is 2.25. The van der Waals surface area contributed by atoms with Crippen molar-refractivity contribution in [2.24, 2.45) is 0 Å². The number of ketones is 1. The third kappa shape index (κ3) is 4.94. The molecule has 0 saturated heterocycles. The predicted octanol–water partition coefficient (Wildman–Crippen LogP) is 1.71. The molecule has 110 valence electrons. The van der Waals surface area contributed by atoms with Crippen LogP contribution in [0.2, 0.25) is 0 Å². The van der Waals surface area contributed by atoms with Crippen LogP contribution < -0.4 is 10.1 Å². The second-order valence-corrected chi connectivity index (χ2v) is 5.25. The maximum absolute atomic E-state index is 12.1. The fourth-order valence-electron chi connectivity index (χ4n) is 1.73. The Balaban J connectivity index is 2.62. The van der Waals surface area contributed by atoms with E-state index in [9.17, 15) is 9.59 Å². The number of hydrogen-bond donors (Lipinski definition) is 1. The number of nitrogens with zero attached hydrogens (tertiary/aromatic N) is 1. The summed E-state index contributed by atoms with van der Waals surface area (Å²) < 4.78 is 5.85. The van der Waals surface area contributed by atoms with Gasteiger partial charge >= 0.3 is 0 Å². The molecule has 0 fully saturated rings. The van der Waals surface area contributed by atoms with Crippen LogP contribution >= 0.6 is 15.9 Å². The van der Waals surface area contributed by atoms with Crippen LogP contribution in [0.1, 0.15) is 17.3 Å². The Morgan fingerprint density at radius 3 is 2.60 bits per heavy atom. The van der Waals surface area contributed by atoms with Gasteiger partial charge in [0, 0.05) is 12.1 Å². The number of hydrogen-bond acceptors (Lipinski definition) is 4. The monoisotopic (exact) mass is 342 g/mol. The van der Waals surface area contributed by atoms with Gasteiger partial charge in [-0.1, -0.05) is 0 Å². The molecular weight excluding hydrogens is 324 g/mol. The molecule has 0 heterocycles. The zero-order valence-corrected chi connectivity index (χ0v) is 13.5. The van der Waals surface area contributed by atoms with Crippen LogP contribution in [0.3, 0.4) is 0 Å². The number of halogens is 1. The molecule has 1 aromatic rings. The summed E-state index contributed by atoms with van der Waals surface area (Å²) in [5.74, 6) is 0.552. The topological polar surface area (TPSA) is 58.6 Å². The molecule has 0 bridgehead atoms. The van der Waals surface area contributed by atoms with E-state index in [2.05, 4.69) is 21.2 Å². The first-order valence-electron chi connectivity index (χ1n) is 6.30. The van der Waals surface area contributed by atoms with Crippen molar-refractivity contribution < 1.29 is 14.3 Å². The van der Waals surface area contributed by atoms with Crippen molar-refractivity contribution >= 4 is 27.6 Å². The summed E-state index contributed by atoms with van der Waals surface area (Å²) in [4.78, 5) is 25.2. The molecule has 5 nitrogen and oxygen atoms in total. The van der Waals surface area contributed by atoms with E-state index < -0.39 is 0 Å². The molecule has 0 aliphatic heterocycles. The lowest BCUT2D eigenvalue weighted by Crippen LogP contribution is -2.37. The van der Waals surface area contributed by atoms with Crippen molar-refractivity contribution in [3.05, 3.63) is 28.2 Å². The van der Waals surface area contributed by atoms with Crippen LogP contribution in [-0.4, -0.2) is 50.4 Å². The van der Waals surface area contributed by atoms with E-state index in [-0.39, 0.29) is 24.8 Å². The van der Waals surface area contributed by atoms with Crippen LogP contribution in [0.5, 0.6) is 5.75 Å². The van der Waals surface area contributed by atoms with Crippen molar-refractivity contribution in [2.75, 3.05) is 33.8 Å². The molecule has 1 rings (SSSR count). The highest BCUT2D eigenvalue weighted by Gasteiger charge is 2.13. The number of nitrogens with one attached hydrogen (secondary N) is 1. The smallest absolute Gasteiger partial charge is 0.234 e. The second kappa shape index (κ2) is 8.01. The van der Waals surface area contributed by atoms with E-state index in [1.807, 2.05) is 6.92 Å². The van der Waals surface area contributed by atoms with Crippen molar-refractivity contribution in [1.82, 2.24) is 10.2 Å². The molecule has 1 N–H and O–H groups in total. The van der Waals surface area contributed by atoms with Crippen molar-refractivity contribution in [3.63, 3.8) is 0 Å². The molecule has 20 heavy (non-hydrogen) atoms. The number of benzene rings is 1. The standard InChI is InChI=1S/C14H19BrN2O3/c1-4-16-14(19)9-17(2)8-12(18)10-5-6-13(20-3)11(15)7-10/h5-7H,4,8-9H2,1-3H3,(H,16,19). The number of likely N-dealkylation sites (N-methyl/N-ethyl adjacent to an activating group) is 2. The number of methoxy groups -OCH3 is 1. The number of rotatable bonds is 7. The molecule has 0 radical (unpaired) electrons. The second-order valence-electron chi connectivity index (χ2n) is 4.40. The SMILES string of the molecule is CCNC(=O)CN(C)CC(=O)c1ccc(OC)c(Br)c1. The molecule has 0 aromatic heterocycles. The Morgan fingerprint density at radius 2 is 2.05 bits per heavy atom. The van der Waals surface area contributed by atoms with Gasteiger partial charge in [-0.15, -0.1) is 0 Å². The van der Waals surface area contributed by atoms with Crippen LogP contribution in [0, 0.1) is 0 Å². The van der Waals surface area contributed by atoms with E-state index in [4.69, 9.17) is 4.74 Å².